The number of allylic oxidation sites excluding steroid dienone is 4. The first-order valence-corrected chi connectivity index (χ1v) is 8.14. The molecule has 116 valence electrons. The molecule has 0 fully saturated rings. The van der Waals surface area contributed by atoms with Crippen molar-refractivity contribution in [2.75, 3.05) is 0 Å². The van der Waals surface area contributed by atoms with Crippen LogP contribution in [0.25, 0.3) is 23.3 Å². The topological polar surface area (TPSA) is 0 Å². The molecule has 0 saturated carbocycles. The Kier molecular flexibility index (Phi) is 5.58. The van der Waals surface area contributed by atoms with E-state index in [4.69, 9.17) is 0 Å². The van der Waals surface area contributed by atoms with Crippen LogP contribution in [-0.2, 0) is 0 Å². The van der Waals surface area contributed by atoms with Gasteiger partial charge in [-0.2, -0.15) is 0 Å². The van der Waals surface area contributed by atoms with Gasteiger partial charge in [0.2, 0.25) is 0 Å². The molecule has 0 nitrogen and oxygen atoms in total. The van der Waals surface area contributed by atoms with Crippen LogP contribution in [0, 0.1) is 0 Å². The molecule has 0 aromatic heterocycles. The highest BCUT2D eigenvalue weighted by Crippen LogP contribution is 2.19. The smallest absolute Gasteiger partial charge is 0.0184 e. The predicted octanol–water partition coefficient (Wildman–Crippen LogP) is 6.64. The van der Waals surface area contributed by atoms with E-state index in [0.29, 0.717) is 0 Å². The number of hydrogen-bond acceptors (Lipinski definition) is 0. The minimum absolute atomic E-state index is 1.20. The second-order valence-electron chi connectivity index (χ2n) is 5.50. The van der Waals surface area contributed by atoms with Crippen LogP contribution in [0.5, 0.6) is 0 Å². The molecular formula is C24H20. The third-order valence-electron chi connectivity index (χ3n) is 3.73. The minimum atomic E-state index is 1.20. The summed E-state index contributed by atoms with van der Waals surface area (Å²) < 4.78 is 0. The van der Waals surface area contributed by atoms with E-state index in [9.17, 15) is 0 Å². The Morgan fingerprint density at radius 3 is 1.42 bits per heavy atom. The first-order chi connectivity index (χ1) is 11.9. The fraction of sp³-hybridized carbons (Fsp3) is 0. The summed E-state index contributed by atoms with van der Waals surface area (Å²) in [6, 6.07) is 29.3. The lowest BCUT2D eigenvalue weighted by Gasteiger charge is -2.01. The molecule has 0 unspecified atom stereocenters. The van der Waals surface area contributed by atoms with Crippen molar-refractivity contribution in [1.82, 2.24) is 0 Å². The van der Waals surface area contributed by atoms with Gasteiger partial charge in [-0.15, -0.1) is 0 Å². The number of benzene rings is 3. The summed E-state index contributed by atoms with van der Waals surface area (Å²) in [5.41, 5.74) is 4.90. The maximum Gasteiger partial charge on any atom is -0.0184 e. The Morgan fingerprint density at radius 1 is 0.375 bits per heavy atom. The van der Waals surface area contributed by atoms with E-state index in [0.717, 1.165) is 0 Å². The van der Waals surface area contributed by atoms with Crippen molar-refractivity contribution < 1.29 is 0 Å². The molecule has 3 aromatic rings. The monoisotopic (exact) mass is 308 g/mol. The lowest BCUT2D eigenvalue weighted by atomic mass is 10.0. The van der Waals surface area contributed by atoms with Crippen LogP contribution in [-0.4, -0.2) is 0 Å². The molecule has 0 aliphatic carbocycles. The van der Waals surface area contributed by atoms with Crippen molar-refractivity contribution in [1.29, 1.82) is 0 Å². The first kappa shape index (κ1) is 15.8. The van der Waals surface area contributed by atoms with Crippen LogP contribution in [0.3, 0.4) is 0 Å². The van der Waals surface area contributed by atoms with Crippen LogP contribution in [0.1, 0.15) is 11.1 Å². The molecule has 0 heteroatoms. The Labute approximate surface area is 144 Å². The largest absolute Gasteiger partial charge is 0.0622 e. The second kappa shape index (κ2) is 8.50. The van der Waals surface area contributed by atoms with Crippen LogP contribution < -0.4 is 0 Å². The van der Waals surface area contributed by atoms with Crippen molar-refractivity contribution in [3.8, 4) is 11.1 Å². The van der Waals surface area contributed by atoms with Crippen LogP contribution in [0.4, 0.5) is 0 Å². The summed E-state index contributed by atoms with van der Waals surface area (Å²) in [4.78, 5) is 0. The second-order valence-corrected chi connectivity index (χ2v) is 5.50. The number of rotatable bonds is 5. The zero-order valence-electron chi connectivity index (χ0n) is 13.5. The van der Waals surface area contributed by atoms with Gasteiger partial charge >= 0.3 is 0 Å². The lowest BCUT2D eigenvalue weighted by molar-refractivity contribution is 1.60. The molecular weight excluding hydrogens is 288 g/mol. The van der Waals surface area contributed by atoms with E-state index in [1.807, 2.05) is 36.4 Å². The quantitative estimate of drug-likeness (QED) is 0.464. The van der Waals surface area contributed by atoms with Crippen molar-refractivity contribution in [2.45, 2.75) is 0 Å². The van der Waals surface area contributed by atoms with Crippen molar-refractivity contribution in [3.05, 3.63) is 120 Å². The standard InChI is InChI=1S/C24H20/c1(5-11-21-12-7-3-8-13-21)2-6-14-22-17-19-24(20-18-22)23-15-9-4-10-16-23/h1-20H. The van der Waals surface area contributed by atoms with Crippen molar-refractivity contribution >= 4 is 12.2 Å². The zero-order chi connectivity index (χ0) is 16.5. The minimum Gasteiger partial charge on any atom is -0.0622 e. The summed E-state index contributed by atoms with van der Waals surface area (Å²) in [5.74, 6) is 0. The molecule has 24 heavy (non-hydrogen) atoms. The molecule has 0 amide bonds. The molecule has 0 aliphatic heterocycles. The molecule has 0 heterocycles. The van der Waals surface area contributed by atoms with Crippen molar-refractivity contribution in [3.63, 3.8) is 0 Å². The maximum absolute atomic E-state index is 2.16. The fourth-order valence-corrected chi connectivity index (χ4v) is 2.44. The molecule has 3 rings (SSSR count). The van der Waals surface area contributed by atoms with E-state index in [-0.39, 0.29) is 0 Å². The molecule has 0 radical (unpaired) electrons. The van der Waals surface area contributed by atoms with E-state index in [2.05, 4.69) is 85.0 Å². The van der Waals surface area contributed by atoms with Gasteiger partial charge in [-0.1, -0.05) is 121 Å². The Hall–Kier alpha value is -3.12. The number of hydrogen-bond donors (Lipinski definition) is 0. The molecule has 0 atom stereocenters. The van der Waals surface area contributed by atoms with Crippen molar-refractivity contribution in [2.24, 2.45) is 0 Å². The molecule has 3 aromatic carbocycles. The third kappa shape index (κ3) is 4.69. The Balaban J connectivity index is 1.57. The Morgan fingerprint density at radius 2 is 0.833 bits per heavy atom. The van der Waals surface area contributed by atoms with Crippen LogP contribution >= 0.6 is 0 Å². The van der Waals surface area contributed by atoms with Gasteiger partial charge in [0.1, 0.15) is 0 Å². The van der Waals surface area contributed by atoms with E-state index >= 15 is 0 Å². The highest BCUT2D eigenvalue weighted by molar-refractivity contribution is 5.65. The van der Waals surface area contributed by atoms with Gasteiger partial charge in [-0.05, 0) is 22.3 Å². The molecule has 0 saturated heterocycles. The molecule has 0 spiro atoms. The highest BCUT2D eigenvalue weighted by Gasteiger charge is 1.95. The van der Waals surface area contributed by atoms with E-state index < -0.39 is 0 Å². The zero-order valence-corrected chi connectivity index (χ0v) is 13.5. The van der Waals surface area contributed by atoms with Gasteiger partial charge in [-0.3, -0.25) is 0 Å². The molecule has 0 N–H and O–H groups in total. The average molecular weight is 308 g/mol. The van der Waals surface area contributed by atoms with Gasteiger partial charge in [0, 0.05) is 0 Å². The molecule has 0 aliphatic rings. The summed E-state index contributed by atoms with van der Waals surface area (Å²) in [7, 11) is 0. The SMILES string of the molecule is C(=CC=Cc1ccc(-c2ccccc2)cc1)C=Cc1ccccc1. The predicted molar refractivity (Wildman–Crippen MR) is 106 cm³/mol. The fourth-order valence-electron chi connectivity index (χ4n) is 2.44. The van der Waals surface area contributed by atoms with E-state index in [1.54, 1.807) is 0 Å². The molecule has 0 bridgehead atoms. The summed E-state index contributed by atoms with van der Waals surface area (Å²) >= 11 is 0. The van der Waals surface area contributed by atoms with Gasteiger partial charge in [0.15, 0.2) is 0 Å². The maximum atomic E-state index is 2.16. The summed E-state index contributed by atoms with van der Waals surface area (Å²) in [6.45, 7) is 0. The first-order valence-electron chi connectivity index (χ1n) is 8.14. The third-order valence-corrected chi connectivity index (χ3v) is 3.73. The van der Waals surface area contributed by atoms with Gasteiger partial charge in [0.05, 0.1) is 0 Å². The van der Waals surface area contributed by atoms with E-state index in [1.165, 1.54) is 22.3 Å². The van der Waals surface area contributed by atoms with Gasteiger partial charge < -0.3 is 0 Å². The summed E-state index contributed by atoms with van der Waals surface area (Å²) in [6.07, 6.45) is 12.4. The van der Waals surface area contributed by atoms with Gasteiger partial charge in [-0.25, -0.2) is 0 Å². The van der Waals surface area contributed by atoms with Crippen LogP contribution in [0.2, 0.25) is 0 Å². The van der Waals surface area contributed by atoms with Gasteiger partial charge in [0.25, 0.3) is 0 Å². The normalized spacial score (nSPS) is 11.7. The van der Waals surface area contributed by atoms with Crippen LogP contribution in [0.15, 0.2) is 109 Å². The lowest BCUT2D eigenvalue weighted by Crippen LogP contribution is -1.77. The Bertz CT molecular complexity index is 820. The highest BCUT2D eigenvalue weighted by atomic mass is 14.0. The average Bonchev–Trinajstić information content (AvgIpc) is 2.67. The summed E-state index contributed by atoms with van der Waals surface area (Å²) in [5, 5.41) is 0.